The van der Waals surface area contributed by atoms with E-state index in [1.165, 1.54) is 6.42 Å². The van der Waals surface area contributed by atoms with Crippen LogP contribution in [0.15, 0.2) is 6.33 Å². The van der Waals surface area contributed by atoms with Gasteiger partial charge in [-0.05, 0) is 39.2 Å². The van der Waals surface area contributed by atoms with Crippen molar-refractivity contribution < 1.29 is 0 Å². The van der Waals surface area contributed by atoms with E-state index < -0.39 is 0 Å². The van der Waals surface area contributed by atoms with Gasteiger partial charge in [0.1, 0.15) is 12.2 Å². The van der Waals surface area contributed by atoms with Crippen molar-refractivity contribution >= 4 is 0 Å². The van der Waals surface area contributed by atoms with Gasteiger partial charge in [0.15, 0.2) is 0 Å². The van der Waals surface area contributed by atoms with Crippen LogP contribution in [0.4, 0.5) is 0 Å². The molecule has 1 aromatic rings. The maximum Gasteiger partial charge on any atom is 0.138 e. The molecule has 0 aliphatic heterocycles. The first-order chi connectivity index (χ1) is 8.60. The first kappa shape index (κ1) is 15.2. The molecule has 1 rings (SSSR count). The number of hydrogen-bond donors (Lipinski definition) is 1. The van der Waals surface area contributed by atoms with Crippen molar-refractivity contribution in [1.82, 2.24) is 20.1 Å². The molecule has 4 heteroatoms. The van der Waals surface area contributed by atoms with Gasteiger partial charge in [-0.3, -0.25) is 0 Å². The lowest BCUT2D eigenvalue weighted by atomic mass is 9.95. The second-order valence-electron chi connectivity index (χ2n) is 5.36. The molecule has 0 bridgehead atoms. The molecule has 2 unspecified atom stereocenters. The quantitative estimate of drug-likeness (QED) is 0.773. The summed E-state index contributed by atoms with van der Waals surface area (Å²) >= 11 is 0. The highest BCUT2D eigenvalue weighted by Gasteiger charge is 2.18. The first-order valence-corrected chi connectivity index (χ1v) is 7.21. The summed E-state index contributed by atoms with van der Waals surface area (Å²) in [5.74, 6) is 1.69. The molecule has 0 radical (unpaired) electrons. The van der Waals surface area contributed by atoms with Crippen molar-refractivity contribution in [2.75, 3.05) is 6.54 Å². The summed E-state index contributed by atoms with van der Waals surface area (Å²) in [6.07, 6.45) is 5.01. The third kappa shape index (κ3) is 4.09. The molecule has 0 aliphatic rings. The number of rotatable bonds is 8. The lowest BCUT2D eigenvalue weighted by Gasteiger charge is -2.24. The Morgan fingerprint density at radius 3 is 2.56 bits per heavy atom. The van der Waals surface area contributed by atoms with Crippen molar-refractivity contribution in [3.63, 3.8) is 0 Å². The SMILES string of the molecule is CCCNC(CC)C(C)Cc1ncnn1C(C)C. The zero-order chi connectivity index (χ0) is 13.5. The third-order valence-corrected chi connectivity index (χ3v) is 3.42. The molecule has 1 aromatic heterocycles. The molecule has 0 saturated carbocycles. The van der Waals surface area contributed by atoms with Crippen molar-refractivity contribution in [1.29, 1.82) is 0 Å². The van der Waals surface area contributed by atoms with Crippen LogP contribution >= 0.6 is 0 Å². The van der Waals surface area contributed by atoms with E-state index in [9.17, 15) is 0 Å². The van der Waals surface area contributed by atoms with Crippen LogP contribution in [0.2, 0.25) is 0 Å². The normalized spacial score (nSPS) is 15.0. The maximum atomic E-state index is 4.40. The summed E-state index contributed by atoms with van der Waals surface area (Å²) in [6.45, 7) is 12.2. The molecular formula is C14H28N4. The Labute approximate surface area is 111 Å². The van der Waals surface area contributed by atoms with Gasteiger partial charge in [-0.2, -0.15) is 5.10 Å². The molecule has 2 atom stereocenters. The van der Waals surface area contributed by atoms with Crippen LogP contribution in [0.3, 0.4) is 0 Å². The van der Waals surface area contributed by atoms with E-state index >= 15 is 0 Å². The third-order valence-electron chi connectivity index (χ3n) is 3.42. The highest BCUT2D eigenvalue weighted by molar-refractivity contribution is 4.90. The molecule has 104 valence electrons. The summed E-state index contributed by atoms with van der Waals surface area (Å²) in [5, 5.41) is 7.92. The van der Waals surface area contributed by atoms with Gasteiger partial charge in [0.2, 0.25) is 0 Å². The van der Waals surface area contributed by atoms with E-state index in [2.05, 4.69) is 50.0 Å². The number of hydrogen-bond acceptors (Lipinski definition) is 3. The first-order valence-electron chi connectivity index (χ1n) is 7.21. The van der Waals surface area contributed by atoms with E-state index in [1.807, 2.05) is 4.68 Å². The zero-order valence-corrected chi connectivity index (χ0v) is 12.5. The van der Waals surface area contributed by atoms with Crippen LogP contribution in [0.25, 0.3) is 0 Å². The lowest BCUT2D eigenvalue weighted by molar-refractivity contribution is 0.351. The van der Waals surface area contributed by atoms with E-state index in [-0.39, 0.29) is 0 Å². The van der Waals surface area contributed by atoms with Crippen LogP contribution in [-0.2, 0) is 6.42 Å². The van der Waals surface area contributed by atoms with Crippen LogP contribution in [0.5, 0.6) is 0 Å². The fourth-order valence-electron chi connectivity index (χ4n) is 2.36. The Morgan fingerprint density at radius 1 is 1.28 bits per heavy atom. The highest BCUT2D eigenvalue weighted by Crippen LogP contribution is 2.15. The Hall–Kier alpha value is -0.900. The largest absolute Gasteiger partial charge is 0.314 e. The van der Waals surface area contributed by atoms with Gasteiger partial charge in [0.25, 0.3) is 0 Å². The minimum absolute atomic E-state index is 0.387. The summed E-state index contributed by atoms with van der Waals surface area (Å²) in [5.41, 5.74) is 0. The van der Waals surface area contributed by atoms with Crippen molar-refractivity contribution in [3.8, 4) is 0 Å². The Bertz CT molecular complexity index is 332. The predicted octanol–water partition coefficient (Wildman–Crippen LogP) is 2.82. The van der Waals surface area contributed by atoms with Gasteiger partial charge in [-0.1, -0.05) is 20.8 Å². The average Bonchev–Trinajstić information content (AvgIpc) is 2.78. The Balaban J connectivity index is 2.61. The van der Waals surface area contributed by atoms with Crippen LogP contribution in [0, 0.1) is 5.92 Å². The standard InChI is InChI=1S/C14H28N4/c1-6-8-15-13(7-2)12(5)9-14-16-10-17-18(14)11(3)4/h10-13,15H,6-9H2,1-5H3. The van der Waals surface area contributed by atoms with Gasteiger partial charge in [0, 0.05) is 18.5 Å². The molecule has 0 spiro atoms. The summed E-state index contributed by atoms with van der Waals surface area (Å²) in [4.78, 5) is 4.40. The minimum Gasteiger partial charge on any atom is -0.314 e. The molecule has 0 aliphatic carbocycles. The molecule has 0 amide bonds. The fourth-order valence-corrected chi connectivity index (χ4v) is 2.36. The van der Waals surface area contributed by atoms with Gasteiger partial charge in [-0.15, -0.1) is 0 Å². The number of nitrogens with one attached hydrogen (secondary N) is 1. The second-order valence-corrected chi connectivity index (χ2v) is 5.36. The molecule has 4 nitrogen and oxygen atoms in total. The van der Waals surface area contributed by atoms with E-state index in [0.717, 1.165) is 25.2 Å². The molecule has 1 N–H and O–H groups in total. The highest BCUT2D eigenvalue weighted by atomic mass is 15.3. The number of nitrogens with zero attached hydrogens (tertiary/aromatic N) is 3. The Kier molecular flexibility index (Phi) is 6.33. The van der Waals surface area contributed by atoms with Gasteiger partial charge < -0.3 is 5.32 Å². The van der Waals surface area contributed by atoms with E-state index in [4.69, 9.17) is 0 Å². The van der Waals surface area contributed by atoms with E-state index in [0.29, 0.717) is 18.0 Å². The van der Waals surface area contributed by atoms with Gasteiger partial charge >= 0.3 is 0 Å². The summed E-state index contributed by atoms with van der Waals surface area (Å²) in [6, 6.07) is 0.959. The van der Waals surface area contributed by atoms with Gasteiger partial charge in [0.05, 0.1) is 0 Å². The second kappa shape index (κ2) is 7.52. The smallest absolute Gasteiger partial charge is 0.138 e. The fraction of sp³-hybridized carbons (Fsp3) is 0.857. The maximum absolute atomic E-state index is 4.40. The van der Waals surface area contributed by atoms with Gasteiger partial charge in [-0.25, -0.2) is 9.67 Å². The summed E-state index contributed by atoms with van der Waals surface area (Å²) < 4.78 is 2.03. The minimum atomic E-state index is 0.387. The van der Waals surface area contributed by atoms with Crippen molar-refractivity contribution in [2.24, 2.45) is 5.92 Å². The molecular weight excluding hydrogens is 224 g/mol. The molecule has 0 fully saturated rings. The van der Waals surface area contributed by atoms with Crippen molar-refractivity contribution in [2.45, 2.75) is 66.0 Å². The van der Waals surface area contributed by atoms with Crippen LogP contribution < -0.4 is 5.32 Å². The van der Waals surface area contributed by atoms with Crippen molar-refractivity contribution in [3.05, 3.63) is 12.2 Å². The molecule has 0 aromatic carbocycles. The van der Waals surface area contributed by atoms with E-state index in [1.54, 1.807) is 6.33 Å². The Morgan fingerprint density at radius 2 is 2.00 bits per heavy atom. The molecule has 0 saturated heterocycles. The molecule has 1 heterocycles. The predicted molar refractivity (Wildman–Crippen MR) is 75.6 cm³/mol. The average molecular weight is 252 g/mol. The van der Waals surface area contributed by atoms with Crippen LogP contribution in [-0.4, -0.2) is 27.4 Å². The van der Waals surface area contributed by atoms with Crippen LogP contribution in [0.1, 0.15) is 59.3 Å². The summed E-state index contributed by atoms with van der Waals surface area (Å²) in [7, 11) is 0. The molecule has 18 heavy (non-hydrogen) atoms. The monoisotopic (exact) mass is 252 g/mol. The lowest BCUT2D eigenvalue weighted by Crippen LogP contribution is -2.36. The number of aromatic nitrogens is 3. The zero-order valence-electron chi connectivity index (χ0n) is 12.5. The topological polar surface area (TPSA) is 42.7 Å².